The van der Waals surface area contributed by atoms with Gasteiger partial charge in [-0.1, -0.05) is 28.1 Å². The predicted octanol–water partition coefficient (Wildman–Crippen LogP) is 2.57. The molecule has 2 rings (SSSR count). The first-order valence-electron chi connectivity index (χ1n) is 5.82. The number of nitrogens with zero attached hydrogens (tertiary/aromatic N) is 2. The van der Waals surface area contributed by atoms with Crippen molar-refractivity contribution in [2.24, 2.45) is 10.7 Å². The van der Waals surface area contributed by atoms with Crippen LogP contribution in [0.4, 0.5) is 0 Å². The van der Waals surface area contributed by atoms with Crippen LogP contribution in [0.2, 0.25) is 0 Å². The molecule has 0 amide bonds. The monoisotopic (exact) mass is 295 g/mol. The summed E-state index contributed by atoms with van der Waals surface area (Å²) < 4.78 is 1.13. The molecule has 0 unspecified atom stereocenters. The van der Waals surface area contributed by atoms with E-state index in [-0.39, 0.29) is 0 Å². The molecule has 1 fully saturated rings. The lowest BCUT2D eigenvalue weighted by Gasteiger charge is -2.33. The lowest BCUT2D eigenvalue weighted by molar-refractivity contribution is 0.350. The fraction of sp³-hybridized carbons (Fsp3) is 0.462. The summed E-state index contributed by atoms with van der Waals surface area (Å²) in [6.07, 6.45) is 2.21. The standard InChI is InChI=1S/C13H18BrN3/c1-17(2)13(15)16-12-7-10(8-12)9-3-5-11(14)6-4-9/h3-6,10,12H,7-8H2,1-2H3,(H2,15,16). The van der Waals surface area contributed by atoms with Gasteiger partial charge in [-0.25, -0.2) is 4.99 Å². The Morgan fingerprint density at radius 3 is 2.41 bits per heavy atom. The molecule has 92 valence electrons. The van der Waals surface area contributed by atoms with Gasteiger partial charge in [0.05, 0.1) is 6.04 Å². The van der Waals surface area contributed by atoms with Crippen LogP contribution in [0.3, 0.4) is 0 Å². The van der Waals surface area contributed by atoms with Crippen LogP contribution in [0.25, 0.3) is 0 Å². The van der Waals surface area contributed by atoms with Crippen LogP contribution in [0.5, 0.6) is 0 Å². The second-order valence-corrected chi connectivity index (χ2v) is 5.67. The number of halogens is 1. The van der Waals surface area contributed by atoms with E-state index < -0.39 is 0 Å². The van der Waals surface area contributed by atoms with Gasteiger partial charge in [0.2, 0.25) is 0 Å². The van der Waals surface area contributed by atoms with Crippen molar-refractivity contribution in [1.29, 1.82) is 0 Å². The summed E-state index contributed by atoms with van der Waals surface area (Å²) in [6, 6.07) is 8.96. The van der Waals surface area contributed by atoms with Crippen LogP contribution >= 0.6 is 15.9 Å². The van der Waals surface area contributed by atoms with Crippen molar-refractivity contribution in [3.8, 4) is 0 Å². The fourth-order valence-electron chi connectivity index (χ4n) is 2.00. The van der Waals surface area contributed by atoms with E-state index in [4.69, 9.17) is 5.73 Å². The second-order valence-electron chi connectivity index (χ2n) is 4.76. The molecule has 1 aliphatic rings. The minimum absolute atomic E-state index is 0.394. The third kappa shape index (κ3) is 3.00. The zero-order valence-electron chi connectivity index (χ0n) is 10.2. The van der Waals surface area contributed by atoms with Crippen LogP contribution in [0.15, 0.2) is 33.7 Å². The molecule has 2 N–H and O–H groups in total. The summed E-state index contributed by atoms with van der Waals surface area (Å²) in [7, 11) is 3.84. The molecule has 0 atom stereocenters. The predicted molar refractivity (Wildman–Crippen MR) is 75.2 cm³/mol. The van der Waals surface area contributed by atoms with Gasteiger partial charge in [0.1, 0.15) is 0 Å². The van der Waals surface area contributed by atoms with Crippen LogP contribution in [0, 0.1) is 0 Å². The fourth-order valence-corrected chi connectivity index (χ4v) is 2.27. The molecule has 1 saturated carbocycles. The van der Waals surface area contributed by atoms with Crippen molar-refractivity contribution in [1.82, 2.24) is 4.90 Å². The molecule has 0 aromatic heterocycles. The summed E-state index contributed by atoms with van der Waals surface area (Å²) in [4.78, 5) is 6.34. The Hall–Kier alpha value is -1.03. The highest BCUT2D eigenvalue weighted by Gasteiger charge is 2.30. The van der Waals surface area contributed by atoms with Crippen molar-refractivity contribution in [2.75, 3.05) is 14.1 Å². The van der Waals surface area contributed by atoms with Crippen molar-refractivity contribution in [3.05, 3.63) is 34.3 Å². The Morgan fingerprint density at radius 1 is 1.29 bits per heavy atom. The van der Waals surface area contributed by atoms with E-state index in [9.17, 15) is 0 Å². The zero-order chi connectivity index (χ0) is 12.4. The molecule has 1 aromatic rings. The lowest BCUT2D eigenvalue weighted by atomic mass is 9.76. The van der Waals surface area contributed by atoms with E-state index in [1.54, 1.807) is 0 Å². The van der Waals surface area contributed by atoms with E-state index >= 15 is 0 Å². The molecule has 0 aliphatic heterocycles. The largest absolute Gasteiger partial charge is 0.370 e. The van der Waals surface area contributed by atoms with Gasteiger partial charge in [-0.3, -0.25) is 0 Å². The average molecular weight is 296 g/mol. The van der Waals surface area contributed by atoms with Crippen LogP contribution < -0.4 is 5.73 Å². The first-order chi connectivity index (χ1) is 8.06. The summed E-state index contributed by atoms with van der Waals surface area (Å²) in [5.41, 5.74) is 7.21. The topological polar surface area (TPSA) is 41.6 Å². The summed E-state index contributed by atoms with van der Waals surface area (Å²) >= 11 is 3.45. The molecule has 1 aliphatic carbocycles. The molecule has 0 radical (unpaired) electrons. The normalized spacial score (nSPS) is 24.3. The molecule has 3 nitrogen and oxygen atoms in total. The van der Waals surface area contributed by atoms with Gasteiger partial charge in [-0.05, 0) is 36.5 Å². The smallest absolute Gasteiger partial charge is 0.190 e. The highest BCUT2D eigenvalue weighted by Crippen LogP contribution is 2.39. The Balaban J connectivity index is 1.91. The molecule has 1 aromatic carbocycles. The molecule has 17 heavy (non-hydrogen) atoms. The van der Waals surface area contributed by atoms with Crippen molar-refractivity contribution in [2.45, 2.75) is 24.8 Å². The molecule has 0 saturated heterocycles. The molecule has 0 spiro atoms. The number of guanidine groups is 1. The Morgan fingerprint density at radius 2 is 1.88 bits per heavy atom. The Bertz CT molecular complexity index is 405. The van der Waals surface area contributed by atoms with Gasteiger partial charge in [-0.15, -0.1) is 0 Å². The van der Waals surface area contributed by atoms with Gasteiger partial charge in [0.15, 0.2) is 5.96 Å². The zero-order valence-corrected chi connectivity index (χ0v) is 11.8. The maximum atomic E-state index is 5.80. The minimum Gasteiger partial charge on any atom is -0.370 e. The van der Waals surface area contributed by atoms with E-state index in [0.29, 0.717) is 17.9 Å². The van der Waals surface area contributed by atoms with Crippen LogP contribution in [0.1, 0.15) is 24.3 Å². The summed E-state index contributed by atoms with van der Waals surface area (Å²) in [6.45, 7) is 0. The number of nitrogens with two attached hydrogens (primary N) is 1. The molecular weight excluding hydrogens is 278 g/mol. The van der Waals surface area contributed by atoms with Gasteiger partial charge in [0.25, 0.3) is 0 Å². The van der Waals surface area contributed by atoms with Gasteiger partial charge in [0, 0.05) is 18.6 Å². The van der Waals surface area contributed by atoms with Gasteiger partial charge in [-0.2, -0.15) is 0 Å². The lowest BCUT2D eigenvalue weighted by Crippen LogP contribution is -2.35. The number of hydrogen-bond acceptors (Lipinski definition) is 1. The molecular formula is C13H18BrN3. The van der Waals surface area contributed by atoms with Crippen molar-refractivity contribution >= 4 is 21.9 Å². The van der Waals surface area contributed by atoms with E-state index in [1.807, 2.05) is 19.0 Å². The maximum absolute atomic E-state index is 5.80. The highest BCUT2D eigenvalue weighted by molar-refractivity contribution is 9.10. The summed E-state index contributed by atoms with van der Waals surface area (Å²) in [5, 5.41) is 0. The maximum Gasteiger partial charge on any atom is 0.190 e. The molecule has 0 heterocycles. The number of rotatable bonds is 2. The number of benzene rings is 1. The van der Waals surface area contributed by atoms with Gasteiger partial charge >= 0.3 is 0 Å². The van der Waals surface area contributed by atoms with E-state index in [0.717, 1.165) is 17.3 Å². The van der Waals surface area contributed by atoms with Crippen molar-refractivity contribution in [3.63, 3.8) is 0 Å². The SMILES string of the molecule is CN(C)C(N)=NC1CC(c2ccc(Br)cc2)C1. The quantitative estimate of drug-likeness (QED) is 0.673. The minimum atomic E-state index is 0.394. The summed E-state index contributed by atoms with van der Waals surface area (Å²) in [5.74, 6) is 1.27. The van der Waals surface area contributed by atoms with Crippen molar-refractivity contribution < 1.29 is 0 Å². The first-order valence-corrected chi connectivity index (χ1v) is 6.61. The second kappa shape index (κ2) is 5.08. The third-order valence-corrected chi connectivity index (χ3v) is 3.76. The third-order valence-electron chi connectivity index (χ3n) is 3.23. The van der Waals surface area contributed by atoms with Gasteiger partial charge < -0.3 is 10.6 Å². The molecule has 4 heteroatoms. The Kier molecular flexibility index (Phi) is 3.72. The Labute approximate surface area is 111 Å². The van der Waals surface area contributed by atoms with E-state index in [2.05, 4.69) is 45.2 Å². The number of hydrogen-bond donors (Lipinski definition) is 1. The van der Waals surface area contributed by atoms with Crippen LogP contribution in [-0.4, -0.2) is 31.0 Å². The highest BCUT2D eigenvalue weighted by atomic mass is 79.9. The van der Waals surface area contributed by atoms with Crippen LogP contribution in [-0.2, 0) is 0 Å². The molecule has 0 bridgehead atoms. The first kappa shape index (κ1) is 12.4. The number of aliphatic imine (C=N–C) groups is 1. The van der Waals surface area contributed by atoms with E-state index in [1.165, 1.54) is 5.56 Å². The average Bonchev–Trinajstić information content (AvgIpc) is 2.24.